The summed E-state index contributed by atoms with van der Waals surface area (Å²) < 4.78 is 5.17. The Morgan fingerprint density at radius 2 is 1.89 bits per heavy atom. The van der Waals surface area contributed by atoms with E-state index in [9.17, 15) is 20.1 Å². The molecule has 9 atom stereocenters. The van der Waals surface area contributed by atoms with Crippen LogP contribution in [0.3, 0.4) is 0 Å². The van der Waals surface area contributed by atoms with Gasteiger partial charge < -0.3 is 20.1 Å². The first-order valence-corrected chi connectivity index (χ1v) is 11.1. The molecule has 156 valence electrons. The van der Waals surface area contributed by atoms with E-state index in [1.807, 2.05) is 0 Å². The molecule has 4 fully saturated rings. The third-order valence-electron chi connectivity index (χ3n) is 9.89. The van der Waals surface area contributed by atoms with Crippen molar-refractivity contribution in [1.82, 2.24) is 0 Å². The zero-order valence-corrected chi connectivity index (χ0v) is 17.1. The molecule has 0 radical (unpaired) electrons. The summed E-state index contributed by atoms with van der Waals surface area (Å²) in [5.41, 5.74) is -0.250. The van der Waals surface area contributed by atoms with Crippen molar-refractivity contribution in [3.63, 3.8) is 0 Å². The summed E-state index contributed by atoms with van der Waals surface area (Å²) in [5.74, 6) is 0.420. The van der Waals surface area contributed by atoms with Crippen molar-refractivity contribution in [2.45, 2.75) is 83.0 Å². The molecule has 0 amide bonds. The molecule has 1 aliphatic heterocycles. The maximum atomic E-state index is 12.1. The van der Waals surface area contributed by atoms with Gasteiger partial charge in [-0.3, -0.25) is 0 Å². The van der Waals surface area contributed by atoms with Crippen molar-refractivity contribution in [1.29, 1.82) is 0 Å². The van der Waals surface area contributed by atoms with Crippen LogP contribution in [0.5, 0.6) is 0 Å². The number of esters is 1. The highest BCUT2D eigenvalue weighted by Crippen LogP contribution is 2.69. The second-order valence-corrected chi connectivity index (χ2v) is 10.9. The Hall–Kier alpha value is -0.910. The molecule has 5 aliphatic rings. The molecule has 0 unspecified atom stereocenters. The molecule has 5 nitrogen and oxygen atoms in total. The van der Waals surface area contributed by atoms with Gasteiger partial charge in [-0.1, -0.05) is 13.8 Å². The molecule has 0 aromatic carbocycles. The molecule has 5 heteroatoms. The summed E-state index contributed by atoms with van der Waals surface area (Å²) in [7, 11) is 0. The molecule has 0 aromatic rings. The average Bonchev–Trinajstić information content (AvgIpc) is 3.16. The van der Waals surface area contributed by atoms with Crippen molar-refractivity contribution in [2.75, 3.05) is 6.61 Å². The number of ether oxygens (including phenoxy) is 1. The monoisotopic (exact) mass is 390 g/mol. The Bertz CT molecular complexity index is 718. The van der Waals surface area contributed by atoms with Gasteiger partial charge in [-0.25, -0.2) is 4.79 Å². The zero-order valence-electron chi connectivity index (χ0n) is 17.1. The van der Waals surface area contributed by atoms with E-state index >= 15 is 0 Å². The standard InChI is InChI=1S/C23H34O5/c1-21-7-5-15(24)10-14(21)3-4-17-20(21)18(25)11-22(2)16(6-8-23(17,22)27)13-9-19(26)28-12-13/h9,14-18,20,24-25,27H,3-8,10-12H2,1-2H3/t14-,15-,16+,17+,18+,20-,21-,22+,23-/m0/s1. The van der Waals surface area contributed by atoms with Gasteiger partial charge in [0, 0.05) is 11.5 Å². The van der Waals surface area contributed by atoms with Gasteiger partial charge in [0.25, 0.3) is 0 Å². The smallest absolute Gasteiger partial charge is 0.331 e. The molecular weight excluding hydrogens is 356 g/mol. The van der Waals surface area contributed by atoms with Crippen molar-refractivity contribution >= 4 is 5.97 Å². The summed E-state index contributed by atoms with van der Waals surface area (Å²) in [6.45, 7) is 4.76. The van der Waals surface area contributed by atoms with Gasteiger partial charge in [0.2, 0.25) is 0 Å². The maximum Gasteiger partial charge on any atom is 0.331 e. The van der Waals surface area contributed by atoms with E-state index in [2.05, 4.69) is 13.8 Å². The van der Waals surface area contributed by atoms with Crippen LogP contribution in [-0.2, 0) is 9.53 Å². The summed E-state index contributed by atoms with van der Waals surface area (Å²) in [5, 5.41) is 33.7. The first-order chi connectivity index (χ1) is 13.2. The zero-order chi connectivity index (χ0) is 19.9. The molecule has 0 bridgehead atoms. The lowest BCUT2D eigenvalue weighted by Gasteiger charge is -2.65. The minimum Gasteiger partial charge on any atom is -0.458 e. The number of aliphatic hydroxyl groups is 3. The van der Waals surface area contributed by atoms with E-state index in [4.69, 9.17) is 4.74 Å². The topological polar surface area (TPSA) is 87.0 Å². The normalized spacial score (nSPS) is 55.8. The second-order valence-electron chi connectivity index (χ2n) is 10.9. The van der Waals surface area contributed by atoms with E-state index < -0.39 is 17.1 Å². The number of fused-ring (bicyclic) bond motifs is 5. The molecule has 1 heterocycles. The summed E-state index contributed by atoms with van der Waals surface area (Å²) in [6.07, 6.45) is 7.61. The lowest BCUT2D eigenvalue weighted by atomic mass is 9.42. The number of hydrogen-bond donors (Lipinski definition) is 3. The van der Waals surface area contributed by atoms with Gasteiger partial charge >= 0.3 is 5.97 Å². The van der Waals surface area contributed by atoms with E-state index in [1.54, 1.807) is 6.08 Å². The summed E-state index contributed by atoms with van der Waals surface area (Å²) in [6, 6.07) is 0. The van der Waals surface area contributed by atoms with Crippen LogP contribution in [0.15, 0.2) is 11.6 Å². The van der Waals surface area contributed by atoms with Crippen LogP contribution < -0.4 is 0 Å². The quantitative estimate of drug-likeness (QED) is 0.599. The van der Waals surface area contributed by atoms with Crippen LogP contribution in [0, 0.1) is 34.5 Å². The predicted molar refractivity (Wildman–Crippen MR) is 103 cm³/mol. The van der Waals surface area contributed by atoms with E-state index in [0.29, 0.717) is 18.9 Å². The van der Waals surface area contributed by atoms with Crippen molar-refractivity contribution in [3.05, 3.63) is 11.6 Å². The fraction of sp³-hybridized carbons (Fsp3) is 0.870. The highest BCUT2D eigenvalue weighted by Gasteiger charge is 2.69. The lowest BCUT2D eigenvalue weighted by Crippen LogP contribution is -2.66. The van der Waals surface area contributed by atoms with Crippen molar-refractivity contribution in [3.8, 4) is 0 Å². The highest BCUT2D eigenvalue weighted by molar-refractivity contribution is 5.85. The molecule has 5 rings (SSSR count). The largest absolute Gasteiger partial charge is 0.458 e. The first-order valence-electron chi connectivity index (χ1n) is 11.1. The SMILES string of the molecule is C[C@]12CC[C@H](O)C[C@@H]1CC[C@@H]1[C@H]2[C@H](O)C[C@]2(C)[C@@H](C3=CC(=O)OC3)CC[C@]12O. The van der Waals surface area contributed by atoms with Gasteiger partial charge in [0.05, 0.1) is 17.8 Å². The molecule has 28 heavy (non-hydrogen) atoms. The highest BCUT2D eigenvalue weighted by atomic mass is 16.5. The van der Waals surface area contributed by atoms with Crippen molar-refractivity contribution < 1.29 is 24.9 Å². The molecule has 4 saturated carbocycles. The van der Waals surface area contributed by atoms with Gasteiger partial charge in [-0.15, -0.1) is 0 Å². The van der Waals surface area contributed by atoms with Crippen LogP contribution in [-0.4, -0.2) is 45.7 Å². The molecular formula is C23H34O5. The Balaban J connectivity index is 1.51. The van der Waals surface area contributed by atoms with Gasteiger partial charge in [-0.05, 0) is 86.0 Å². The second kappa shape index (κ2) is 6.05. The fourth-order valence-electron chi connectivity index (χ4n) is 8.49. The van der Waals surface area contributed by atoms with E-state index in [0.717, 1.165) is 50.5 Å². The van der Waals surface area contributed by atoms with Gasteiger partial charge in [-0.2, -0.15) is 0 Å². The Kier molecular flexibility index (Phi) is 4.12. The molecule has 0 aromatic heterocycles. The van der Waals surface area contributed by atoms with Gasteiger partial charge in [0.1, 0.15) is 6.61 Å². The van der Waals surface area contributed by atoms with Crippen LogP contribution >= 0.6 is 0 Å². The van der Waals surface area contributed by atoms with Crippen LogP contribution in [0.2, 0.25) is 0 Å². The Labute approximate surface area is 167 Å². The Morgan fingerprint density at radius 3 is 2.61 bits per heavy atom. The van der Waals surface area contributed by atoms with E-state index in [-0.39, 0.29) is 35.2 Å². The predicted octanol–water partition coefficient (Wildman–Crippen LogP) is 2.58. The summed E-state index contributed by atoms with van der Waals surface area (Å²) in [4.78, 5) is 11.6. The number of carbonyl (C=O) groups excluding carboxylic acids is 1. The molecule has 4 aliphatic carbocycles. The minimum atomic E-state index is -0.807. The van der Waals surface area contributed by atoms with Gasteiger partial charge in [0.15, 0.2) is 0 Å². The molecule has 3 N–H and O–H groups in total. The number of rotatable bonds is 1. The number of cyclic esters (lactones) is 1. The van der Waals surface area contributed by atoms with Crippen LogP contribution in [0.1, 0.15) is 65.2 Å². The maximum absolute atomic E-state index is 12.1. The van der Waals surface area contributed by atoms with Crippen molar-refractivity contribution in [2.24, 2.45) is 34.5 Å². The number of hydrogen-bond acceptors (Lipinski definition) is 5. The third-order valence-corrected chi connectivity index (χ3v) is 9.89. The fourth-order valence-corrected chi connectivity index (χ4v) is 8.49. The molecule has 0 saturated heterocycles. The third kappa shape index (κ3) is 2.33. The van der Waals surface area contributed by atoms with E-state index in [1.165, 1.54) is 0 Å². The molecule has 0 spiro atoms. The van der Waals surface area contributed by atoms with Crippen LogP contribution in [0.4, 0.5) is 0 Å². The summed E-state index contributed by atoms with van der Waals surface area (Å²) >= 11 is 0. The average molecular weight is 391 g/mol. The van der Waals surface area contributed by atoms with Crippen LogP contribution in [0.25, 0.3) is 0 Å². The number of aliphatic hydroxyl groups excluding tert-OH is 2. The first kappa shape index (κ1) is 19.1. The Morgan fingerprint density at radius 1 is 1.11 bits per heavy atom. The lowest BCUT2D eigenvalue weighted by molar-refractivity contribution is -0.242. The number of carbonyl (C=O) groups is 1. The minimum absolute atomic E-state index is 0.0115.